The molecule has 1 amide bonds. The highest BCUT2D eigenvalue weighted by molar-refractivity contribution is 5.94. The Morgan fingerprint density at radius 3 is 2.48 bits per heavy atom. The van der Waals surface area contributed by atoms with Crippen molar-refractivity contribution < 1.29 is 14.3 Å². The van der Waals surface area contributed by atoms with Gasteiger partial charge in [0.15, 0.2) is 5.96 Å². The van der Waals surface area contributed by atoms with Gasteiger partial charge in [-0.3, -0.25) is 9.79 Å². The number of hydrogen-bond acceptors (Lipinski definition) is 4. The molecule has 154 valence electrons. The van der Waals surface area contributed by atoms with Gasteiger partial charge in [-0.2, -0.15) is 0 Å². The van der Waals surface area contributed by atoms with Gasteiger partial charge in [0.2, 0.25) is 0 Å². The van der Waals surface area contributed by atoms with E-state index in [9.17, 15) is 4.79 Å². The van der Waals surface area contributed by atoms with Crippen molar-refractivity contribution in [2.75, 3.05) is 33.9 Å². The summed E-state index contributed by atoms with van der Waals surface area (Å²) < 4.78 is 10.8. The largest absolute Gasteiger partial charge is 0.497 e. The predicted octanol–water partition coefficient (Wildman–Crippen LogP) is 2.35. The van der Waals surface area contributed by atoms with E-state index in [2.05, 4.69) is 27.5 Å². The number of guanidine groups is 1. The maximum Gasteiger partial charge on any atom is 0.251 e. The second-order valence-electron chi connectivity index (χ2n) is 6.04. The minimum Gasteiger partial charge on any atom is -0.497 e. The smallest absolute Gasteiger partial charge is 0.251 e. The molecule has 7 nitrogen and oxygen atoms in total. The zero-order valence-electron chi connectivity index (χ0n) is 16.9. The molecule has 0 aliphatic rings. The van der Waals surface area contributed by atoms with Crippen molar-refractivity contribution in [2.24, 2.45) is 4.99 Å². The fourth-order valence-corrected chi connectivity index (χ4v) is 2.54. The molecule has 0 aromatic heterocycles. The average Bonchev–Trinajstić information content (AvgIpc) is 2.77. The Labute approximate surface area is 171 Å². The number of amides is 1. The number of benzene rings is 2. The number of carbonyl (C=O) groups excluding carboxylic acids is 1. The van der Waals surface area contributed by atoms with Gasteiger partial charge < -0.3 is 25.4 Å². The molecule has 0 bridgehead atoms. The third kappa shape index (κ3) is 7.21. The minimum absolute atomic E-state index is 0.134. The van der Waals surface area contributed by atoms with Crippen LogP contribution in [-0.2, 0) is 6.54 Å². The topological polar surface area (TPSA) is 84.0 Å². The van der Waals surface area contributed by atoms with E-state index in [1.54, 1.807) is 44.5 Å². The Balaban J connectivity index is 1.75. The van der Waals surface area contributed by atoms with E-state index in [4.69, 9.17) is 9.47 Å². The van der Waals surface area contributed by atoms with Crippen molar-refractivity contribution in [3.63, 3.8) is 0 Å². The van der Waals surface area contributed by atoms with Gasteiger partial charge in [0.05, 0.1) is 7.11 Å². The van der Waals surface area contributed by atoms with Crippen LogP contribution in [0, 0.1) is 0 Å². The average molecular weight is 396 g/mol. The van der Waals surface area contributed by atoms with Gasteiger partial charge in [0.25, 0.3) is 5.91 Å². The van der Waals surface area contributed by atoms with Crippen LogP contribution in [-0.4, -0.2) is 45.7 Å². The van der Waals surface area contributed by atoms with Crippen LogP contribution in [0.15, 0.2) is 66.2 Å². The lowest BCUT2D eigenvalue weighted by Gasteiger charge is -2.14. The lowest BCUT2D eigenvalue weighted by Crippen LogP contribution is -2.41. The van der Waals surface area contributed by atoms with Gasteiger partial charge in [0, 0.05) is 37.8 Å². The van der Waals surface area contributed by atoms with Crippen LogP contribution in [0.5, 0.6) is 11.5 Å². The first-order valence-corrected chi connectivity index (χ1v) is 9.36. The molecule has 0 saturated heterocycles. The third-order valence-corrected chi connectivity index (χ3v) is 4.05. The first-order chi connectivity index (χ1) is 14.2. The zero-order chi connectivity index (χ0) is 20.9. The van der Waals surface area contributed by atoms with Crippen LogP contribution in [0.2, 0.25) is 0 Å². The van der Waals surface area contributed by atoms with Gasteiger partial charge >= 0.3 is 0 Å². The van der Waals surface area contributed by atoms with Crippen molar-refractivity contribution in [2.45, 2.75) is 6.54 Å². The molecule has 29 heavy (non-hydrogen) atoms. The SMILES string of the molecule is C=CCOc1ccccc1CNC(=NC)NCCNC(=O)c1ccc(OC)cc1. The van der Waals surface area contributed by atoms with Crippen molar-refractivity contribution >= 4 is 11.9 Å². The predicted molar refractivity (Wildman–Crippen MR) is 116 cm³/mol. The van der Waals surface area contributed by atoms with E-state index in [-0.39, 0.29) is 5.91 Å². The lowest BCUT2D eigenvalue weighted by atomic mass is 10.2. The van der Waals surface area contributed by atoms with Crippen LogP contribution in [0.4, 0.5) is 0 Å². The summed E-state index contributed by atoms with van der Waals surface area (Å²) in [5.74, 6) is 2.03. The summed E-state index contributed by atoms with van der Waals surface area (Å²) >= 11 is 0. The van der Waals surface area contributed by atoms with E-state index < -0.39 is 0 Å². The van der Waals surface area contributed by atoms with E-state index in [1.807, 2.05) is 24.3 Å². The normalized spacial score (nSPS) is 10.8. The monoisotopic (exact) mass is 396 g/mol. The van der Waals surface area contributed by atoms with Crippen molar-refractivity contribution in [3.05, 3.63) is 72.3 Å². The molecule has 3 N–H and O–H groups in total. The summed E-state index contributed by atoms with van der Waals surface area (Å²) in [6.07, 6.45) is 1.71. The van der Waals surface area contributed by atoms with Crippen LogP contribution in [0.3, 0.4) is 0 Å². The summed E-state index contributed by atoms with van der Waals surface area (Å²) in [7, 11) is 3.29. The Morgan fingerprint density at radius 1 is 1.07 bits per heavy atom. The fraction of sp³-hybridized carbons (Fsp3) is 0.273. The quantitative estimate of drug-likeness (QED) is 0.249. The molecule has 0 spiro atoms. The molecule has 0 atom stereocenters. The summed E-state index contributed by atoms with van der Waals surface area (Å²) in [5.41, 5.74) is 1.61. The molecule has 0 saturated carbocycles. The Morgan fingerprint density at radius 2 is 1.79 bits per heavy atom. The molecule has 2 aromatic carbocycles. The first-order valence-electron chi connectivity index (χ1n) is 9.36. The zero-order valence-corrected chi connectivity index (χ0v) is 16.9. The van der Waals surface area contributed by atoms with Gasteiger partial charge in [-0.15, -0.1) is 0 Å². The number of hydrogen-bond donors (Lipinski definition) is 3. The molecule has 0 heterocycles. The van der Waals surface area contributed by atoms with Crippen LogP contribution in [0.25, 0.3) is 0 Å². The highest BCUT2D eigenvalue weighted by Crippen LogP contribution is 2.17. The number of ether oxygens (including phenoxy) is 2. The standard InChI is InChI=1S/C22H28N4O3/c1-4-15-29-20-8-6-5-7-18(20)16-26-22(23-2)25-14-13-24-21(27)17-9-11-19(28-3)12-10-17/h4-12H,1,13-16H2,2-3H3,(H,24,27)(H2,23,25,26). The number of rotatable bonds is 10. The molecule has 7 heteroatoms. The van der Waals surface area contributed by atoms with E-state index in [0.717, 1.165) is 17.1 Å². The summed E-state index contributed by atoms with van der Waals surface area (Å²) in [4.78, 5) is 16.3. The maximum absolute atomic E-state index is 12.1. The van der Waals surface area contributed by atoms with E-state index in [0.29, 0.717) is 37.8 Å². The Hall–Kier alpha value is -3.48. The molecular weight excluding hydrogens is 368 g/mol. The molecule has 0 aliphatic heterocycles. The number of methoxy groups -OCH3 is 1. The molecule has 0 unspecified atom stereocenters. The van der Waals surface area contributed by atoms with Gasteiger partial charge in [-0.1, -0.05) is 30.9 Å². The fourth-order valence-electron chi connectivity index (χ4n) is 2.54. The van der Waals surface area contributed by atoms with Crippen LogP contribution < -0.4 is 25.4 Å². The summed E-state index contributed by atoms with van der Waals surface area (Å²) in [5, 5.41) is 9.28. The van der Waals surface area contributed by atoms with Crippen molar-refractivity contribution in [1.82, 2.24) is 16.0 Å². The van der Waals surface area contributed by atoms with E-state index >= 15 is 0 Å². The lowest BCUT2D eigenvalue weighted by molar-refractivity contribution is 0.0954. The molecule has 2 aromatic rings. The summed E-state index contributed by atoms with van der Waals surface area (Å²) in [6.45, 7) is 5.69. The van der Waals surface area contributed by atoms with Gasteiger partial charge in [0.1, 0.15) is 18.1 Å². The van der Waals surface area contributed by atoms with Crippen molar-refractivity contribution in [3.8, 4) is 11.5 Å². The number of para-hydroxylation sites is 1. The second-order valence-corrected chi connectivity index (χ2v) is 6.04. The third-order valence-electron chi connectivity index (χ3n) is 4.05. The molecular formula is C22H28N4O3. The molecule has 0 fully saturated rings. The highest BCUT2D eigenvalue weighted by atomic mass is 16.5. The molecule has 0 aliphatic carbocycles. The number of carbonyl (C=O) groups is 1. The van der Waals surface area contributed by atoms with Gasteiger partial charge in [-0.25, -0.2) is 0 Å². The molecule has 2 rings (SSSR count). The summed E-state index contributed by atoms with van der Waals surface area (Å²) in [6, 6.07) is 14.8. The van der Waals surface area contributed by atoms with E-state index in [1.165, 1.54) is 0 Å². The number of nitrogens with zero attached hydrogens (tertiary/aromatic N) is 1. The van der Waals surface area contributed by atoms with Crippen LogP contribution in [0.1, 0.15) is 15.9 Å². The second kappa shape index (κ2) is 12.1. The minimum atomic E-state index is -0.134. The van der Waals surface area contributed by atoms with Gasteiger partial charge in [-0.05, 0) is 30.3 Å². The van der Waals surface area contributed by atoms with Crippen LogP contribution >= 0.6 is 0 Å². The first kappa shape index (κ1) is 21.8. The molecule has 0 radical (unpaired) electrons. The number of nitrogens with one attached hydrogen (secondary N) is 3. The highest BCUT2D eigenvalue weighted by Gasteiger charge is 2.06. The van der Waals surface area contributed by atoms with Crippen molar-refractivity contribution in [1.29, 1.82) is 0 Å². The maximum atomic E-state index is 12.1. The number of aliphatic imine (C=N–C) groups is 1. The Kier molecular flexibility index (Phi) is 9.08. The Bertz CT molecular complexity index is 819.